The Bertz CT molecular complexity index is 1540. The molecule has 1 fully saturated rings. The summed E-state index contributed by atoms with van der Waals surface area (Å²) in [6.07, 6.45) is 0.651. The third-order valence-electron chi connectivity index (χ3n) is 7.08. The molecule has 3 unspecified atom stereocenters. The van der Waals surface area contributed by atoms with Crippen LogP contribution in [0.3, 0.4) is 0 Å². The van der Waals surface area contributed by atoms with E-state index in [1.165, 1.54) is 6.07 Å². The molecule has 4 aromatic rings. The van der Waals surface area contributed by atoms with Crippen molar-refractivity contribution in [2.45, 2.75) is 36.7 Å². The zero-order valence-electron chi connectivity index (χ0n) is 20.6. The highest BCUT2D eigenvalue weighted by Crippen LogP contribution is 2.44. The molecular weight excluding hydrogens is 502 g/mol. The maximum atomic E-state index is 13.4. The second kappa shape index (κ2) is 10.8. The van der Waals surface area contributed by atoms with Gasteiger partial charge in [0.05, 0.1) is 34.3 Å². The van der Waals surface area contributed by atoms with E-state index in [2.05, 4.69) is 20.6 Å². The number of para-hydroxylation sites is 2. The number of nitrogens with two attached hydrogens (primary N) is 1. The maximum absolute atomic E-state index is 13.4. The molecule has 5 N–H and O–H groups in total. The lowest BCUT2D eigenvalue weighted by atomic mass is 9.94. The summed E-state index contributed by atoms with van der Waals surface area (Å²) in [5, 5.41) is 11.3. The van der Waals surface area contributed by atoms with Gasteiger partial charge in [0.2, 0.25) is 21.8 Å². The number of carbonyl (C=O) groups excluding carboxylic acids is 2. The summed E-state index contributed by atoms with van der Waals surface area (Å²) in [5.74, 6) is -1.51. The van der Waals surface area contributed by atoms with Crippen LogP contribution in [0.4, 0.5) is 0 Å². The molecule has 1 aliphatic carbocycles. The summed E-state index contributed by atoms with van der Waals surface area (Å²) in [7, 11) is -3.97. The fourth-order valence-corrected chi connectivity index (χ4v) is 6.09. The van der Waals surface area contributed by atoms with E-state index in [1.54, 1.807) is 18.2 Å². The van der Waals surface area contributed by atoms with Crippen LogP contribution < -0.4 is 15.8 Å². The van der Waals surface area contributed by atoms with Crippen molar-refractivity contribution in [3.63, 3.8) is 0 Å². The molecule has 196 valence electrons. The number of rotatable bonds is 8. The highest BCUT2D eigenvalue weighted by Gasteiger charge is 2.44. The van der Waals surface area contributed by atoms with E-state index < -0.39 is 21.9 Å². The molecule has 2 amide bonds. The first-order valence-corrected chi connectivity index (χ1v) is 14.0. The van der Waals surface area contributed by atoms with Crippen molar-refractivity contribution in [2.75, 3.05) is 0 Å². The molecule has 1 saturated carbocycles. The Morgan fingerprint density at radius 1 is 0.842 bits per heavy atom. The first-order valence-electron chi connectivity index (χ1n) is 12.4. The minimum Gasteiger partial charge on any atom is -0.352 e. The number of nitrogens with one attached hydrogen (secondary N) is 3. The van der Waals surface area contributed by atoms with E-state index in [0.29, 0.717) is 30.8 Å². The van der Waals surface area contributed by atoms with Crippen molar-refractivity contribution in [1.82, 2.24) is 20.6 Å². The Morgan fingerprint density at radius 2 is 1.45 bits per heavy atom. The third-order valence-corrected chi connectivity index (χ3v) is 8.06. The number of primary sulfonamides is 1. The van der Waals surface area contributed by atoms with Gasteiger partial charge >= 0.3 is 0 Å². The van der Waals surface area contributed by atoms with E-state index in [0.717, 1.165) is 16.6 Å². The Labute approximate surface area is 220 Å². The van der Waals surface area contributed by atoms with Crippen LogP contribution in [0, 0.1) is 11.8 Å². The molecular formula is C28H29N5O4S. The van der Waals surface area contributed by atoms with E-state index >= 15 is 0 Å². The summed E-state index contributed by atoms with van der Waals surface area (Å²) in [4.78, 5) is 34.4. The average Bonchev–Trinajstić information content (AvgIpc) is 3.55. The van der Waals surface area contributed by atoms with Crippen molar-refractivity contribution >= 4 is 32.9 Å². The smallest absolute Gasteiger partial charge is 0.238 e. The van der Waals surface area contributed by atoms with Gasteiger partial charge in [-0.1, -0.05) is 60.7 Å². The van der Waals surface area contributed by atoms with Gasteiger partial charge in [0.1, 0.15) is 5.82 Å². The molecule has 3 atom stereocenters. The molecule has 5 rings (SSSR count). The number of aromatic amines is 1. The third kappa shape index (κ3) is 5.61. The van der Waals surface area contributed by atoms with Crippen LogP contribution in [-0.2, 0) is 32.7 Å². The molecule has 0 spiro atoms. The van der Waals surface area contributed by atoms with Crippen LogP contribution in [-0.4, -0.2) is 30.2 Å². The second-order valence-electron chi connectivity index (χ2n) is 9.59. The molecule has 0 radical (unpaired) electrons. The van der Waals surface area contributed by atoms with Gasteiger partial charge in [-0.25, -0.2) is 18.5 Å². The Kier molecular flexibility index (Phi) is 7.26. The normalized spacial score (nSPS) is 19.3. The van der Waals surface area contributed by atoms with E-state index in [1.807, 2.05) is 54.6 Å². The summed E-state index contributed by atoms with van der Waals surface area (Å²) >= 11 is 0. The average molecular weight is 532 g/mol. The minimum atomic E-state index is -3.97. The maximum Gasteiger partial charge on any atom is 0.238 e. The number of benzene rings is 3. The van der Waals surface area contributed by atoms with Gasteiger partial charge in [-0.2, -0.15) is 0 Å². The van der Waals surface area contributed by atoms with Gasteiger partial charge < -0.3 is 15.6 Å². The lowest BCUT2D eigenvalue weighted by molar-refractivity contribution is -0.133. The number of amides is 2. The standard InChI is InChI=1S/C28H29N5O4S/c29-38(36,37)25-13-7-4-10-20(25)19-14-21(27(34)30-16-18-8-2-1-3-9-18)22(15-19)28(35)31-17-26-32-23-11-5-6-12-24(23)33-26/h1-13,19,21-22H,14-17H2,(H,30,34)(H,31,35)(H,32,33)(H2,29,36,37). The van der Waals surface area contributed by atoms with Crippen LogP contribution in [0.15, 0.2) is 83.8 Å². The number of nitrogens with zero attached hydrogens (tertiary/aromatic N) is 1. The molecule has 1 aromatic heterocycles. The Balaban J connectivity index is 1.36. The predicted octanol–water partition coefficient (Wildman–Crippen LogP) is 2.95. The van der Waals surface area contributed by atoms with E-state index in [4.69, 9.17) is 5.14 Å². The molecule has 10 heteroatoms. The largest absolute Gasteiger partial charge is 0.352 e. The van der Waals surface area contributed by atoms with E-state index in [9.17, 15) is 18.0 Å². The highest BCUT2D eigenvalue weighted by molar-refractivity contribution is 7.89. The van der Waals surface area contributed by atoms with Crippen LogP contribution in [0.1, 0.15) is 35.7 Å². The summed E-state index contributed by atoms with van der Waals surface area (Å²) in [6, 6.07) is 23.6. The number of sulfonamides is 1. The number of fused-ring (bicyclic) bond motifs is 1. The first-order chi connectivity index (χ1) is 18.3. The summed E-state index contributed by atoms with van der Waals surface area (Å²) < 4.78 is 24.5. The molecule has 0 aliphatic heterocycles. The van der Waals surface area contributed by atoms with Gasteiger partial charge in [0.15, 0.2) is 0 Å². The highest BCUT2D eigenvalue weighted by atomic mass is 32.2. The van der Waals surface area contributed by atoms with Gasteiger partial charge in [-0.05, 0) is 48.1 Å². The van der Waals surface area contributed by atoms with Gasteiger partial charge in [-0.3, -0.25) is 9.59 Å². The zero-order valence-corrected chi connectivity index (χ0v) is 21.4. The number of imidazole rings is 1. The molecule has 1 heterocycles. The number of hydrogen-bond donors (Lipinski definition) is 4. The molecule has 3 aromatic carbocycles. The molecule has 38 heavy (non-hydrogen) atoms. The fourth-order valence-electron chi connectivity index (χ4n) is 5.26. The number of H-pyrrole nitrogens is 1. The lowest BCUT2D eigenvalue weighted by Gasteiger charge is -2.18. The van der Waals surface area contributed by atoms with Crippen LogP contribution in [0.25, 0.3) is 11.0 Å². The zero-order chi connectivity index (χ0) is 26.7. The SMILES string of the molecule is NS(=O)(=O)c1ccccc1C1CC(C(=O)NCc2ccccc2)C(C(=O)NCc2nc3ccccc3[nH]2)C1. The van der Waals surface area contributed by atoms with Crippen LogP contribution in [0.2, 0.25) is 0 Å². The lowest BCUT2D eigenvalue weighted by Crippen LogP contribution is -2.39. The van der Waals surface area contributed by atoms with Crippen molar-refractivity contribution in [1.29, 1.82) is 0 Å². The van der Waals surface area contributed by atoms with Crippen LogP contribution in [0.5, 0.6) is 0 Å². The number of carbonyl (C=O) groups is 2. The molecule has 0 bridgehead atoms. The molecule has 1 aliphatic rings. The van der Waals surface area contributed by atoms with Crippen molar-refractivity contribution in [2.24, 2.45) is 17.0 Å². The predicted molar refractivity (Wildman–Crippen MR) is 143 cm³/mol. The van der Waals surface area contributed by atoms with Gasteiger partial charge in [0.25, 0.3) is 0 Å². The van der Waals surface area contributed by atoms with Crippen molar-refractivity contribution in [3.05, 3.63) is 95.8 Å². The summed E-state index contributed by atoms with van der Waals surface area (Å²) in [5.41, 5.74) is 3.15. The quantitative estimate of drug-likeness (QED) is 0.276. The number of aromatic nitrogens is 2. The Morgan fingerprint density at radius 3 is 2.13 bits per heavy atom. The minimum absolute atomic E-state index is 0.0248. The second-order valence-corrected chi connectivity index (χ2v) is 11.1. The van der Waals surface area contributed by atoms with Gasteiger partial charge in [-0.15, -0.1) is 0 Å². The van der Waals surface area contributed by atoms with Crippen molar-refractivity contribution in [3.8, 4) is 0 Å². The fraction of sp³-hybridized carbons (Fsp3) is 0.250. The Hall–Kier alpha value is -4.02. The number of hydrogen-bond acceptors (Lipinski definition) is 5. The van der Waals surface area contributed by atoms with Gasteiger partial charge in [0, 0.05) is 6.54 Å². The summed E-state index contributed by atoms with van der Waals surface area (Å²) in [6.45, 7) is 0.517. The van der Waals surface area contributed by atoms with Crippen molar-refractivity contribution < 1.29 is 18.0 Å². The molecule has 9 nitrogen and oxygen atoms in total. The molecule has 0 saturated heterocycles. The topological polar surface area (TPSA) is 147 Å². The van der Waals surface area contributed by atoms with Crippen LogP contribution >= 0.6 is 0 Å². The first kappa shape index (κ1) is 25.6. The van der Waals surface area contributed by atoms with E-state index in [-0.39, 0.29) is 29.2 Å². The monoisotopic (exact) mass is 531 g/mol.